The molecular weight excluding hydrogens is 404 g/mol. The van der Waals surface area contributed by atoms with E-state index >= 15 is 0 Å². The second kappa shape index (κ2) is 9.03. The average Bonchev–Trinajstić information content (AvgIpc) is 2.97. The van der Waals surface area contributed by atoms with Crippen molar-refractivity contribution < 1.29 is 13.2 Å². The number of nitrogens with zero attached hydrogens (tertiary/aromatic N) is 3. The summed E-state index contributed by atoms with van der Waals surface area (Å²) < 4.78 is 26.2. The van der Waals surface area contributed by atoms with E-state index < -0.39 is 15.9 Å². The normalized spacial score (nSPS) is 11.8. The van der Waals surface area contributed by atoms with Gasteiger partial charge in [-0.25, -0.2) is 8.42 Å². The van der Waals surface area contributed by atoms with Crippen LogP contribution in [0.4, 0.5) is 10.8 Å². The second-order valence-corrected chi connectivity index (χ2v) is 11.3. The summed E-state index contributed by atoms with van der Waals surface area (Å²) in [6.45, 7) is 7.87. The molecule has 0 saturated heterocycles. The minimum atomic E-state index is -3.61. The lowest BCUT2D eigenvalue weighted by Crippen LogP contribution is -2.37. The summed E-state index contributed by atoms with van der Waals surface area (Å²) in [6.07, 6.45) is 1.08. The number of anilines is 2. The van der Waals surface area contributed by atoms with Gasteiger partial charge in [-0.3, -0.25) is 14.4 Å². The number of aromatic nitrogens is 2. The van der Waals surface area contributed by atoms with Crippen LogP contribution in [-0.4, -0.2) is 42.6 Å². The third-order valence-electron chi connectivity index (χ3n) is 3.52. The van der Waals surface area contributed by atoms with Crippen molar-refractivity contribution in [1.82, 2.24) is 10.2 Å². The fraction of sp³-hybridized carbons (Fsp3) is 0.471. The fourth-order valence-electron chi connectivity index (χ4n) is 2.22. The number of hydrogen-bond donors (Lipinski definition) is 1. The van der Waals surface area contributed by atoms with E-state index in [1.165, 1.54) is 11.3 Å². The Morgan fingerprint density at radius 3 is 2.33 bits per heavy atom. The van der Waals surface area contributed by atoms with Crippen molar-refractivity contribution in [1.29, 1.82) is 0 Å². The molecule has 1 amide bonds. The van der Waals surface area contributed by atoms with E-state index in [0.717, 1.165) is 20.5 Å². The first-order chi connectivity index (χ1) is 12.6. The molecule has 27 heavy (non-hydrogen) atoms. The van der Waals surface area contributed by atoms with Crippen LogP contribution in [0.3, 0.4) is 0 Å². The molecule has 0 aliphatic carbocycles. The third-order valence-corrected chi connectivity index (χ3v) is 6.59. The van der Waals surface area contributed by atoms with Gasteiger partial charge in [-0.2, -0.15) is 0 Å². The van der Waals surface area contributed by atoms with E-state index in [2.05, 4.69) is 29.4 Å². The Kier molecular flexibility index (Phi) is 7.24. The van der Waals surface area contributed by atoms with Crippen molar-refractivity contribution in [3.63, 3.8) is 0 Å². The van der Waals surface area contributed by atoms with Gasteiger partial charge in [0.2, 0.25) is 21.1 Å². The van der Waals surface area contributed by atoms with Gasteiger partial charge in [0, 0.05) is 5.25 Å². The highest BCUT2D eigenvalue weighted by atomic mass is 32.2. The first kappa shape index (κ1) is 21.6. The minimum absolute atomic E-state index is 0.327. The molecule has 0 fully saturated rings. The van der Waals surface area contributed by atoms with Crippen molar-refractivity contribution in [3.8, 4) is 0 Å². The van der Waals surface area contributed by atoms with Gasteiger partial charge in [0.15, 0.2) is 4.34 Å². The van der Waals surface area contributed by atoms with Gasteiger partial charge < -0.3 is 0 Å². The molecule has 148 valence electrons. The lowest BCUT2D eigenvalue weighted by Gasteiger charge is -2.22. The van der Waals surface area contributed by atoms with Crippen LogP contribution < -0.4 is 9.62 Å². The molecule has 2 rings (SSSR count). The first-order valence-electron chi connectivity index (χ1n) is 8.44. The van der Waals surface area contributed by atoms with Crippen molar-refractivity contribution >= 4 is 49.8 Å². The highest BCUT2D eigenvalue weighted by Gasteiger charge is 2.22. The molecule has 1 aromatic heterocycles. The highest BCUT2D eigenvalue weighted by molar-refractivity contribution is 8.01. The fourth-order valence-corrected chi connectivity index (χ4v) is 5.07. The Bertz CT molecular complexity index is 877. The van der Waals surface area contributed by atoms with Gasteiger partial charge in [-0.05, 0) is 23.6 Å². The van der Waals surface area contributed by atoms with Gasteiger partial charge in [-0.15, -0.1) is 10.2 Å². The average molecular weight is 429 g/mol. The highest BCUT2D eigenvalue weighted by Crippen LogP contribution is 2.28. The van der Waals surface area contributed by atoms with Crippen LogP contribution >= 0.6 is 23.1 Å². The Morgan fingerprint density at radius 2 is 1.81 bits per heavy atom. The molecule has 0 saturated carbocycles. The van der Waals surface area contributed by atoms with Gasteiger partial charge in [-0.1, -0.05) is 62.9 Å². The molecule has 0 bridgehead atoms. The maximum atomic E-state index is 12.4. The van der Waals surface area contributed by atoms with E-state index in [-0.39, 0.29) is 6.54 Å². The Hall–Kier alpha value is -1.65. The number of sulfonamides is 1. The zero-order valence-electron chi connectivity index (χ0n) is 16.0. The standard InChI is InChI=1S/C17H24N4O3S3/c1-11(2)13-6-8-14(9-7-13)21(27(5,23)24)10-15(22)18-16-19-20-17(26-16)25-12(3)4/h6-9,11-12H,10H2,1-5H3,(H,18,19,22). The van der Waals surface area contributed by atoms with Crippen molar-refractivity contribution in [2.24, 2.45) is 0 Å². The van der Waals surface area contributed by atoms with Gasteiger partial charge in [0.05, 0.1) is 11.9 Å². The van der Waals surface area contributed by atoms with E-state index in [0.29, 0.717) is 22.0 Å². The summed E-state index contributed by atoms with van der Waals surface area (Å²) in [5.41, 5.74) is 1.55. The summed E-state index contributed by atoms with van der Waals surface area (Å²) in [6, 6.07) is 7.17. The number of benzene rings is 1. The van der Waals surface area contributed by atoms with Crippen LogP contribution in [0.5, 0.6) is 0 Å². The largest absolute Gasteiger partial charge is 0.299 e. The van der Waals surface area contributed by atoms with Crippen LogP contribution in [0.15, 0.2) is 28.6 Å². The number of carbonyl (C=O) groups excluding carboxylic acids is 1. The molecular formula is C17H24N4O3S3. The zero-order valence-corrected chi connectivity index (χ0v) is 18.4. The van der Waals surface area contributed by atoms with E-state index in [1.54, 1.807) is 23.9 Å². The molecule has 1 N–H and O–H groups in total. The molecule has 1 heterocycles. The van der Waals surface area contributed by atoms with Crippen LogP contribution in [0.1, 0.15) is 39.2 Å². The molecule has 2 aromatic rings. The lowest BCUT2D eigenvalue weighted by atomic mass is 10.0. The van der Waals surface area contributed by atoms with E-state index in [9.17, 15) is 13.2 Å². The maximum absolute atomic E-state index is 12.4. The van der Waals surface area contributed by atoms with Crippen LogP contribution in [0.25, 0.3) is 0 Å². The van der Waals surface area contributed by atoms with Gasteiger partial charge in [0.1, 0.15) is 6.54 Å². The van der Waals surface area contributed by atoms with Crippen molar-refractivity contribution in [2.75, 3.05) is 22.4 Å². The number of amides is 1. The topological polar surface area (TPSA) is 92.3 Å². The summed E-state index contributed by atoms with van der Waals surface area (Å²) in [4.78, 5) is 12.4. The summed E-state index contributed by atoms with van der Waals surface area (Å²) >= 11 is 2.82. The Balaban J connectivity index is 2.11. The van der Waals surface area contributed by atoms with Crippen LogP contribution in [-0.2, 0) is 14.8 Å². The van der Waals surface area contributed by atoms with Crippen LogP contribution in [0, 0.1) is 0 Å². The Labute approximate surface area is 168 Å². The smallest absolute Gasteiger partial charge is 0.246 e. The molecule has 0 aliphatic heterocycles. The minimum Gasteiger partial charge on any atom is -0.299 e. The molecule has 0 unspecified atom stereocenters. The molecule has 7 nitrogen and oxygen atoms in total. The van der Waals surface area contributed by atoms with E-state index in [4.69, 9.17) is 0 Å². The van der Waals surface area contributed by atoms with Crippen molar-refractivity contribution in [3.05, 3.63) is 29.8 Å². The first-order valence-corrected chi connectivity index (χ1v) is 12.0. The number of nitrogens with one attached hydrogen (secondary N) is 1. The number of carbonyl (C=O) groups is 1. The molecule has 0 radical (unpaired) electrons. The third kappa shape index (κ3) is 6.47. The van der Waals surface area contributed by atoms with Crippen molar-refractivity contribution in [2.45, 2.75) is 43.2 Å². The lowest BCUT2D eigenvalue weighted by molar-refractivity contribution is -0.114. The second-order valence-electron chi connectivity index (χ2n) is 6.60. The number of thioether (sulfide) groups is 1. The Morgan fingerprint density at radius 1 is 1.19 bits per heavy atom. The molecule has 1 aromatic carbocycles. The van der Waals surface area contributed by atoms with E-state index in [1.807, 2.05) is 26.0 Å². The molecule has 10 heteroatoms. The SMILES string of the molecule is CC(C)Sc1nnc(NC(=O)CN(c2ccc(C(C)C)cc2)S(C)(=O)=O)s1. The predicted molar refractivity (Wildman–Crippen MR) is 112 cm³/mol. The summed E-state index contributed by atoms with van der Waals surface area (Å²) in [5, 5.41) is 11.3. The number of hydrogen-bond acceptors (Lipinski definition) is 7. The van der Waals surface area contributed by atoms with Gasteiger partial charge in [0.25, 0.3) is 0 Å². The summed E-state index contributed by atoms with van der Waals surface area (Å²) in [5.74, 6) is -0.130. The molecule has 0 spiro atoms. The molecule has 0 aliphatic rings. The van der Waals surface area contributed by atoms with Crippen LogP contribution in [0.2, 0.25) is 0 Å². The van der Waals surface area contributed by atoms with Gasteiger partial charge >= 0.3 is 0 Å². The quantitative estimate of drug-likeness (QED) is 0.510. The predicted octanol–water partition coefficient (Wildman–Crippen LogP) is 3.57. The number of rotatable bonds is 8. The zero-order chi connectivity index (χ0) is 20.2. The maximum Gasteiger partial charge on any atom is 0.246 e. The molecule has 0 atom stereocenters. The summed E-state index contributed by atoms with van der Waals surface area (Å²) in [7, 11) is -3.61. The monoisotopic (exact) mass is 428 g/mol.